The number of H-pyrrole nitrogens is 2. The predicted octanol–water partition coefficient (Wildman–Crippen LogP) is 1.02. The Kier molecular flexibility index (Phi) is 5.31. The van der Waals surface area contributed by atoms with Crippen molar-refractivity contribution in [1.29, 1.82) is 0 Å². The van der Waals surface area contributed by atoms with E-state index in [2.05, 4.69) is 20.7 Å². The van der Waals surface area contributed by atoms with Crippen molar-refractivity contribution in [2.75, 3.05) is 0 Å². The largest absolute Gasteiger partial charge is 0.427 e. The fraction of sp³-hybridized carbons (Fsp3) is 0.250. The lowest BCUT2D eigenvalue weighted by Crippen LogP contribution is -2.24. The first-order valence-corrected chi connectivity index (χ1v) is 7.25. The molecule has 0 spiro atoms. The maximum absolute atomic E-state index is 11.9. The maximum atomic E-state index is 11.9. The van der Waals surface area contributed by atoms with E-state index in [0.717, 1.165) is 5.56 Å². The summed E-state index contributed by atoms with van der Waals surface area (Å²) in [5.74, 6) is -0.347. The number of nitrogens with zero attached hydrogens (tertiary/aromatic N) is 1. The quantitative estimate of drug-likeness (QED) is 0.328. The van der Waals surface area contributed by atoms with Crippen molar-refractivity contribution in [3.63, 3.8) is 0 Å². The molecule has 0 saturated carbocycles. The first-order chi connectivity index (χ1) is 11.4. The molecule has 0 radical (unpaired) electrons. The third-order valence-electron chi connectivity index (χ3n) is 3.31. The topological polar surface area (TPSA) is 116 Å². The van der Waals surface area contributed by atoms with Crippen LogP contribution in [0.2, 0.25) is 0 Å². The van der Waals surface area contributed by atoms with Crippen LogP contribution in [0.4, 0.5) is 0 Å². The van der Waals surface area contributed by atoms with E-state index in [4.69, 9.17) is 4.74 Å². The fourth-order valence-corrected chi connectivity index (χ4v) is 2.03. The number of rotatable bonds is 5. The minimum Gasteiger partial charge on any atom is -0.427 e. The molecule has 0 aliphatic heterocycles. The fourth-order valence-electron chi connectivity index (χ4n) is 2.03. The van der Waals surface area contributed by atoms with Gasteiger partial charge in [-0.2, -0.15) is 5.10 Å². The molecule has 3 N–H and O–H groups in total. The number of aryl methyl sites for hydroxylation is 1. The van der Waals surface area contributed by atoms with Crippen LogP contribution in [0.5, 0.6) is 5.75 Å². The van der Waals surface area contributed by atoms with Crippen LogP contribution in [0, 0.1) is 6.92 Å². The Morgan fingerprint density at radius 2 is 1.83 bits per heavy atom. The highest BCUT2D eigenvalue weighted by Gasteiger charge is 2.11. The predicted molar refractivity (Wildman–Crippen MR) is 88.0 cm³/mol. The number of aromatic nitrogens is 2. The van der Waals surface area contributed by atoms with Crippen molar-refractivity contribution < 1.29 is 14.3 Å². The number of carbonyl (C=O) groups excluding carboxylic acids is 2. The second kappa shape index (κ2) is 7.40. The molecule has 2 aromatic rings. The first-order valence-electron chi connectivity index (χ1n) is 7.25. The van der Waals surface area contributed by atoms with E-state index in [9.17, 15) is 14.4 Å². The average molecular weight is 330 g/mol. The Labute approximate surface area is 137 Å². The standard InChI is InChI=1S/C16H18N4O4/c1-9(12-4-6-13(7-5-12)24-11(3)21)17-19-15(22)8-14-10(2)18-20-16(14)23/h4-7H,8H2,1-3H3,(H,19,22)(H2,18,20,23)/b17-9+. The first kappa shape index (κ1) is 17.2. The average Bonchev–Trinajstić information content (AvgIpc) is 2.84. The maximum Gasteiger partial charge on any atom is 0.308 e. The molecule has 0 unspecified atom stereocenters. The van der Waals surface area contributed by atoms with E-state index in [1.807, 2.05) is 0 Å². The summed E-state index contributed by atoms with van der Waals surface area (Å²) < 4.78 is 4.94. The third kappa shape index (κ3) is 4.42. The number of ether oxygens (including phenoxy) is 1. The molecule has 1 aromatic heterocycles. The van der Waals surface area contributed by atoms with Gasteiger partial charge in [0.15, 0.2) is 0 Å². The van der Waals surface area contributed by atoms with E-state index < -0.39 is 5.97 Å². The summed E-state index contributed by atoms with van der Waals surface area (Å²) >= 11 is 0. The zero-order valence-corrected chi connectivity index (χ0v) is 13.6. The number of hydrogen-bond donors (Lipinski definition) is 3. The molecule has 8 nitrogen and oxygen atoms in total. The Bertz CT molecular complexity index is 831. The number of amides is 1. The van der Waals surface area contributed by atoms with E-state index >= 15 is 0 Å². The van der Waals surface area contributed by atoms with Crippen molar-refractivity contribution in [3.05, 3.63) is 51.4 Å². The number of benzene rings is 1. The molecule has 1 heterocycles. The van der Waals surface area contributed by atoms with Crippen molar-refractivity contribution >= 4 is 17.6 Å². The molecular formula is C16H18N4O4. The van der Waals surface area contributed by atoms with Gasteiger partial charge in [0.1, 0.15) is 5.75 Å². The zero-order valence-electron chi connectivity index (χ0n) is 13.6. The van der Waals surface area contributed by atoms with Crippen LogP contribution in [0.3, 0.4) is 0 Å². The second-order valence-electron chi connectivity index (χ2n) is 5.21. The smallest absolute Gasteiger partial charge is 0.308 e. The van der Waals surface area contributed by atoms with Crippen LogP contribution in [0.1, 0.15) is 30.7 Å². The highest BCUT2D eigenvalue weighted by Crippen LogP contribution is 2.13. The summed E-state index contributed by atoms with van der Waals surface area (Å²) in [6.45, 7) is 4.77. The normalized spacial score (nSPS) is 11.2. The summed E-state index contributed by atoms with van der Waals surface area (Å²) in [5.41, 5.74) is 4.45. The highest BCUT2D eigenvalue weighted by atomic mass is 16.5. The van der Waals surface area contributed by atoms with Gasteiger partial charge in [-0.25, -0.2) is 5.43 Å². The minimum absolute atomic E-state index is 0.0627. The van der Waals surface area contributed by atoms with E-state index in [0.29, 0.717) is 22.7 Å². The molecule has 0 aliphatic rings. The number of carbonyl (C=O) groups is 2. The highest BCUT2D eigenvalue weighted by molar-refractivity contribution is 5.99. The van der Waals surface area contributed by atoms with Crippen molar-refractivity contribution in [3.8, 4) is 5.75 Å². The number of hydrazone groups is 1. The number of nitrogens with one attached hydrogen (secondary N) is 3. The van der Waals surface area contributed by atoms with Gasteiger partial charge in [-0.05, 0) is 43.7 Å². The van der Waals surface area contributed by atoms with Crippen molar-refractivity contribution in [2.45, 2.75) is 27.2 Å². The van der Waals surface area contributed by atoms with Gasteiger partial charge in [-0.1, -0.05) is 0 Å². The van der Waals surface area contributed by atoms with E-state index in [1.165, 1.54) is 6.92 Å². The van der Waals surface area contributed by atoms with Gasteiger partial charge in [-0.15, -0.1) is 0 Å². The number of esters is 1. The zero-order chi connectivity index (χ0) is 17.7. The van der Waals surface area contributed by atoms with Gasteiger partial charge in [0.2, 0.25) is 5.91 Å². The molecule has 126 valence electrons. The molecule has 2 rings (SSSR count). The van der Waals surface area contributed by atoms with Crippen LogP contribution < -0.4 is 15.7 Å². The Balaban J connectivity index is 1.99. The molecule has 8 heteroatoms. The molecule has 1 aromatic carbocycles. The van der Waals surface area contributed by atoms with E-state index in [1.54, 1.807) is 38.1 Å². The Morgan fingerprint density at radius 3 is 2.38 bits per heavy atom. The van der Waals surface area contributed by atoms with E-state index in [-0.39, 0.29) is 17.9 Å². The summed E-state index contributed by atoms with van der Waals surface area (Å²) in [6, 6.07) is 6.73. The molecule has 0 atom stereocenters. The van der Waals surface area contributed by atoms with Crippen LogP contribution in [-0.4, -0.2) is 27.8 Å². The van der Waals surface area contributed by atoms with Crippen LogP contribution in [0.15, 0.2) is 34.2 Å². The molecule has 0 fully saturated rings. The number of aromatic amines is 2. The summed E-state index contributed by atoms with van der Waals surface area (Å²) in [7, 11) is 0. The van der Waals surface area contributed by atoms with Crippen molar-refractivity contribution in [2.24, 2.45) is 5.10 Å². The molecule has 0 saturated heterocycles. The Morgan fingerprint density at radius 1 is 1.17 bits per heavy atom. The summed E-state index contributed by atoms with van der Waals surface area (Å²) in [6.07, 6.45) is -0.0627. The lowest BCUT2D eigenvalue weighted by Gasteiger charge is -2.04. The SMILES string of the molecule is CC(=O)Oc1ccc(/C(C)=N/NC(=O)Cc2c(C)[nH][nH]c2=O)cc1. The number of hydrogen-bond acceptors (Lipinski definition) is 5. The van der Waals surface area contributed by atoms with Gasteiger partial charge < -0.3 is 9.84 Å². The third-order valence-corrected chi connectivity index (χ3v) is 3.31. The van der Waals surface area contributed by atoms with Crippen LogP contribution >= 0.6 is 0 Å². The van der Waals surface area contributed by atoms with Gasteiger partial charge in [0.05, 0.1) is 12.1 Å². The monoisotopic (exact) mass is 330 g/mol. The molecular weight excluding hydrogens is 312 g/mol. The molecule has 0 aliphatic carbocycles. The van der Waals surface area contributed by atoms with Crippen molar-refractivity contribution in [1.82, 2.24) is 15.6 Å². The van der Waals surface area contributed by atoms with Crippen LogP contribution in [0.25, 0.3) is 0 Å². The van der Waals surface area contributed by atoms with Gasteiger partial charge in [0, 0.05) is 18.2 Å². The van der Waals surface area contributed by atoms with Gasteiger partial charge in [-0.3, -0.25) is 19.5 Å². The van der Waals surface area contributed by atoms with Gasteiger partial charge in [0.25, 0.3) is 5.56 Å². The van der Waals surface area contributed by atoms with Crippen LogP contribution in [-0.2, 0) is 16.0 Å². The summed E-state index contributed by atoms with van der Waals surface area (Å²) in [4.78, 5) is 34.3. The molecule has 24 heavy (non-hydrogen) atoms. The second-order valence-corrected chi connectivity index (χ2v) is 5.21. The lowest BCUT2D eigenvalue weighted by atomic mass is 10.1. The molecule has 1 amide bonds. The van der Waals surface area contributed by atoms with Gasteiger partial charge >= 0.3 is 5.97 Å². The minimum atomic E-state index is -0.393. The Hall–Kier alpha value is -3.16. The lowest BCUT2D eigenvalue weighted by molar-refractivity contribution is -0.131. The summed E-state index contributed by atoms with van der Waals surface area (Å²) in [5, 5.41) is 9.09. The molecule has 0 bridgehead atoms.